The number of rotatable bonds is 4. The van der Waals surface area contributed by atoms with Gasteiger partial charge in [-0.05, 0) is 36.5 Å². The Kier molecular flexibility index (Phi) is 3.72. The molecule has 20 heavy (non-hydrogen) atoms. The number of fused-ring (bicyclic) bond motifs is 1. The van der Waals surface area contributed by atoms with Crippen LogP contribution in [0.4, 0.5) is 0 Å². The van der Waals surface area contributed by atoms with Crippen LogP contribution in [-0.2, 0) is 0 Å². The highest BCUT2D eigenvalue weighted by atomic mass is 16.7. The normalized spacial score (nSPS) is 20.9. The van der Waals surface area contributed by atoms with Crippen molar-refractivity contribution in [3.8, 4) is 17.2 Å². The Labute approximate surface area is 118 Å². The van der Waals surface area contributed by atoms with Gasteiger partial charge in [-0.25, -0.2) is 0 Å². The lowest BCUT2D eigenvalue weighted by atomic mass is 9.90. The lowest BCUT2D eigenvalue weighted by Gasteiger charge is -2.25. The molecule has 2 aliphatic rings. The van der Waals surface area contributed by atoms with E-state index in [-0.39, 0.29) is 6.79 Å². The van der Waals surface area contributed by atoms with Crippen molar-refractivity contribution >= 4 is 0 Å². The maximum atomic E-state index is 10.4. The van der Waals surface area contributed by atoms with Gasteiger partial charge in [-0.2, -0.15) is 0 Å². The second kappa shape index (κ2) is 5.50. The zero-order valence-electron chi connectivity index (χ0n) is 11.7. The summed E-state index contributed by atoms with van der Waals surface area (Å²) in [5, 5.41) is 10.4. The van der Waals surface area contributed by atoms with Crippen molar-refractivity contribution in [1.82, 2.24) is 0 Å². The summed E-state index contributed by atoms with van der Waals surface area (Å²) in [5.74, 6) is 2.14. The smallest absolute Gasteiger partial charge is 0.231 e. The summed E-state index contributed by atoms with van der Waals surface area (Å²) in [6, 6.07) is 3.24. The Morgan fingerprint density at radius 3 is 2.75 bits per heavy atom. The van der Waals surface area contributed by atoms with E-state index in [9.17, 15) is 5.11 Å². The zero-order chi connectivity index (χ0) is 14.1. The highest BCUT2D eigenvalue weighted by Gasteiger charge is 2.30. The average Bonchev–Trinajstić information content (AvgIpc) is 3.15. The second-order valence-electron chi connectivity index (χ2n) is 5.52. The summed E-state index contributed by atoms with van der Waals surface area (Å²) >= 11 is 0. The minimum atomic E-state index is -0.525. The molecule has 5 heteroatoms. The van der Waals surface area contributed by atoms with E-state index in [2.05, 4.69) is 0 Å². The van der Waals surface area contributed by atoms with Crippen LogP contribution in [0.3, 0.4) is 0 Å². The molecular formula is C15H21NO4. The predicted octanol–water partition coefficient (Wildman–Crippen LogP) is 1.97. The molecule has 1 aromatic rings. The van der Waals surface area contributed by atoms with Crippen LogP contribution in [-0.4, -0.2) is 25.1 Å². The van der Waals surface area contributed by atoms with Crippen LogP contribution in [0.5, 0.6) is 17.2 Å². The van der Waals surface area contributed by atoms with Gasteiger partial charge in [0.25, 0.3) is 0 Å². The van der Waals surface area contributed by atoms with Crippen molar-refractivity contribution in [2.75, 3.05) is 13.9 Å². The summed E-state index contributed by atoms with van der Waals surface area (Å²) in [4.78, 5) is 0. The summed E-state index contributed by atoms with van der Waals surface area (Å²) in [7, 11) is 1.58. The first-order chi connectivity index (χ1) is 9.70. The first-order valence-corrected chi connectivity index (χ1v) is 7.12. The Balaban J connectivity index is 1.85. The number of benzene rings is 1. The van der Waals surface area contributed by atoms with Crippen molar-refractivity contribution < 1.29 is 19.3 Å². The average molecular weight is 279 g/mol. The molecule has 3 rings (SSSR count). The van der Waals surface area contributed by atoms with Crippen LogP contribution in [0.15, 0.2) is 12.1 Å². The van der Waals surface area contributed by atoms with Gasteiger partial charge in [0.05, 0.1) is 19.3 Å². The van der Waals surface area contributed by atoms with Crippen LogP contribution in [0.25, 0.3) is 0 Å². The fraction of sp³-hybridized carbons (Fsp3) is 0.600. The van der Waals surface area contributed by atoms with E-state index >= 15 is 0 Å². The fourth-order valence-corrected chi connectivity index (χ4v) is 3.13. The first-order valence-electron chi connectivity index (χ1n) is 7.12. The molecule has 2 atom stereocenters. The number of hydrogen-bond acceptors (Lipinski definition) is 5. The molecule has 1 fully saturated rings. The first kappa shape index (κ1) is 13.5. The number of hydrogen-bond donors (Lipinski definition) is 2. The second-order valence-corrected chi connectivity index (χ2v) is 5.52. The molecule has 0 saturated heterocycles. The number of methoxy groups -OCH3 is 1. The third kappa shape index (κ3) is 2.31. The molecule has 1 saturated carbocycles. The van der Waals surface area contributed by atoms with E-state index in [4.69, 9.17) is 19.9 Å². The van der Waals surface area contributed by atoms with Crippen LogP contribution in [0.1, 0.15) is 37.3 Å². The fourth-order valence-electron chi connectivity index (χ4n) is 3.13. The molecule has 0 amide bonds. The lowest BCUT2D eigenvalue weighted by molar-refractivity contribution is 0.0844. The van der Waals surface area contributed by atoms with Gasteiger partial charge in [0.1, 0.15) is 0 Å². The van der Waals surface area contributed by atoms with Gasteiger partial charge < -0.3 is 25.1 Å². The van der Waals surface area contributed by atoms with Gasteiger partial charge in [0, 0.05) is 0 Å². The van der Waals surface area contributed by atoms with Crippen molar-refractivity contribution in [1.29, 1.82) is 0 Å². The Hall–Kier alpha value is -1.46. The van der Waals surface area contributed by atoms with E-state index in [0.717, 1.165) is 18.4 Å². The highest BCUT2D eigenvalue weighted by Crippen LogP contribution is 2.44. The van der Waals surface area contributed by atoms with Gasteiger partial charge in [-0.1, -0.05) is 12.8 Å². The molecular weight excluding hydrogens is 258 g/mol. The molecule has 3 N–H and O–H groups in total. The van der Waals surface area contributed by atoms with Crippen molar-refractivity contribution in [3.05, 3.63) is 17.7 Å². The molecule has 1 aliphatic heterocycles. The highest BCUT2D eigenvalue weighted by molar-refractivity contribution is 5.55. The van der Waals surface area contributed by atoms with E-state index in [1.807, 2.05) is 12.1 Å². The largest absolute Gasteiger partial charge is 0.493 e. The maximum absolute atomic E-state index is 10.4. The van der Waals surface area contributed by atoms with Crippen LogP contribution in [0.2, 0.25) is 0 Å². The molecule has 0 spiro atoms. The van der Waals surface area contributed by atoms with Crippen molar-refractivity contribution in [2.24, 2.45) is 11.7 Å². The Morgan fingerprint density at radius 1 is 1.30 bits per heavy atom. The minimum Gasteiger partial charge on any atom is -0.493 e. The monoisotopic (exact) mass is 279 g/mol. The Bertz CT molecular complexity index is 485. The molecule has 0 unspecified atom stereocenters. The number of ether oxygens (including phenoxy) is 3. The molecule has 0 bridgehead atoms. The van der Waals surface area contributed by atoms with Crippen LogP contribution in [0, 0.1) is 5.92 Å². The molecule has 0 aromatic heterocycles. The zero-order valence-corrected chi connectivity index (χ0v) is 11.7. The van der Waals surface area contributed by atoms with E-state index in [1.165, 1.54) is 12.8 Å². The third-order valence-corrected chi connectivity index (χ3v) is 4.32. The van der Waals surface area contributed by atoms with Crippen LogP contribution < -0.4 is 19.9 Å². The minimum absolute atomic E-state index is 0.190. The van der Waals surface area contributed by atoms with E-state index in [1.54, 1.807) is 7.11 Å². The summed E-state index contributed by atoms with van der Waals surface area (Å²) in [6.07, 6.45) is 3.94. The molecule has 0 radical (unpaired) electrons. The molecule has 1 aromatic carbocycles. The summed E-state index contributed by atoms with van der Waals surface area (Å²) in [5.41, 5.74) is 7.06. The van der Waals surface area contributed by atoms with Gasteiger partial charge in [-0.3, -0.25) is 0 Å². The van der Waals surface area contributed by atoms with Crippen molar-refractivity contribution in [2.45, 2.75) is 37.8 Å². The Morgan fingerprint density at radius 2 is 2.05 bits per heavy atom. The predicted molar refractivity (Wildman–Crippen MR) is 74.0 cm³/mol. The molecule has 5 nitrogen and oxygen atoms in total. The van der Waals surface area contributed by atoms with E-state index < -0.39 is 12.1 Å². The molecule has 1 aliphatic carbocycles. The number of aliphatic hydroxyl groups is 1. The van der Waals surface area contributed by atoms with Gasteiger partial charge in [-0.15, -0.1) is 0 Å². The van der Waals surface area contributed by atoms with Crippen molar-refractivity contribution in [3.63, 3.8) is 0 Å². The lowest BCUT2D eigenvalue weighted by Crippen LogP contribution is -2.31. The quantitative estimate of drug-likeness (QED) is 0.881. The number of nitrogens with two attached hydrogens (primary N) is 1. The third-order valence-electron chi connectivity index (χ3n) is 4.32. The number of aliphatic hydroxyl groups excluding tert-OH is 1. The standard InChI is InChI=1S/C15H21NO4/c1-18-11-6-10(7-12-15(11)20-8-19-12)13(16)14(17)9-4-2-3-5-9/h6-7,9,13-14,17H,2-5,8,16H2,1H3/t13-,14+/m1/s1. The SMILES string of the molecule is COc1cc([C@@H](N)[C@@H](O)C2CCCC2)cc2c1OCO2. The molecule has 110 valence electrons. The summed E-state index contributed by atoms with van der Waals surface area (Å²) < 4.78 is 16.1. The van der Waals surface area contributed by atoms with Gasteiger partial charge in [0.15, 0.2) is 11.5 Å². The molecule has 1 heterocycles. The maximum Gasteiger partial charge on any atom is 0.231 e. The summed E-state index contributed by atoms with van der Waals surface area (Å²) in [6.45, 7) is 0.190. The van der Waals surface area contributed by atoms with Gasteiger partial charge in [0.2, 0.25) is 12.5 Å². The van der Waals surface area contributed by atoms with Gasteiger partial charge >= 0.3 is 0 Å². The van der Waals surface area contributed by atoms with E-state index in [0.29, 0.717) is 23.2 Å². The van der Waals surface area contributed by atoms with Crippen LogP contribution >= 0.6 is 0 Å². The topological polar surface area (TPSA) is 73.9 Å².